The molecule has 168 valence electrons. The predicted octanol–water partition coefficient (Wildman–Crippen LogP) is 2.79. The summed E-state index contributed by atoms with van der Waals surface area (Å²) in [6.07, 6.45) is 3.37. The van der Waals surface area contributed by atoms with Gasteiger partial charge in [-0.1, -0.05) is 5.16 Å². The Kier molecular flexibility index (Phi) is 5.25. The molecule has 10 nitrogen and oxygen atoms in total. The minimum Gasteiger partial charge on any atom is -0.497 e. The first-order chi connectivity index (χ1) is 16.1. The summed E-state index contributed by atoms with van der Waals surface area (Å²) in [5.74, 6) is 2.23. The Balaban J connectivity index is 1.30. The molecule has 0 bridgehead atoms. The zero-order valence-electron chi connectivity index (χ0n) is 18.4. The standard InChI is InChI=1S/C23H22N6O4/c1-28-19(10-18(26-28)17-9-16(31-2)6-7-20(17)32-3)23(30)29-12-15(13-29)22-25-21(27-33-22)14-5-4-8-24-11-14/h4-11,15H,12-13H2,1-3H3. The van der Waals surface area contributed by atoms with Gasteiger partial charge >= 0.3 is 0 Å². The van der Waals surface area contributed by atoms with E-state index in [4.69, 9.17) is 14.0 Å². The topological polar surface area (TPSA) is 108 Å². The summed E-state index contributed by atoms with van der Waals surface area (Å²) in [4.78, 5) is 23.4. The predicted molar refractivity (Wildman–Crippen MR) is 118 cm³/mol. The number of pyridine rings is 1. The number of carbonyl (C=O) groups excluding carboxylic acids is 1. The maximum absolute atomic E-state index is 13.1. The maximum atomic E-state index is 13.1. The molecule has 10 heteroatoms. The Hall–Kier alpha value is -4.21. The smallest absolute Gasteiger partial charge is 0.272 e. The number of methoxy groups -OCH3 is 2. The van der Waals surface area contributed by atoms with E-state index >= 15 is 0 Å². The molecule has 1 saturated heterocycles. The van der Waals surface area contributed by atoms with E-state index in [1.165, 1.54) is 0 Å². The van der Waals surface area contributed by atoms with Gasteiger partial charge in [-0.05, 0) is 36.4 Å². The number of ether oxygens (including phenoxy) is 2. The molecule has 1 fully saturated rings. The Morgan fingerprint density at radius 1 is 1.15 bits per heavy atom. The number of aryl methyl sites for hydroxylation is 1. The van der Waals surface area contributed by atoms with Gasteiger partial charge in [0.05, 0.1) is 25.8 Å². The molecular formula is C23H22N6O4. The number of aromatic nitrogens is 5. The van der Waals surface area contributed by atoms with Crippen LogP contribution in [-0.2, 0) is 7.05 Å². The Bertz CT molecular complexity index is 1290. The largest absolute Gasteiger partial charge is 0.497 e. The molecular weight excluding hydrogens is 424 g/mol. The van der Waals surface area contributed by atoms with E-state index in [-0.39, 0.29) is 11.8 Å². The number of carbonyl (C=O) groups is 1. The normalized spacial score (nSPS) is 13.6. The molecule has 0 saturated carbocycles. The molecule has 0 spiro atoms. The van der Waals surface area contributed by atoms with Gasteiger partial charge in [0.1, 0.15) is 17.2 Å². The quantitative estimate of drug-likeness (QED) is 0.445. The van der Waals surface area contributed by atoms with Crippen molar-refractivity contribution in [3.8, 4) is 34.1 Å². The third-order valence-electron chi connectivity index (χ3n) is 5.66. The van der Waals surface area contributed by atoms with Gasteiger partial charge < -0.3 is 18.9 Å². The van der Waals surface area contributed by atoms with E-state index in [1.807, 2.05) is 30.3 Å². The zero-order chi connectivity index (χ0) is 22.9. The number of hydrogen-bond acceptors (Lipinski definition) is 8. The first-order valence-electron chi connectivity index (χ1n) is 10.4. The van der Waals surface area contributed by atoms with Gasteiger partial charge in [0.25, 0.3) is 5.91 Å². The minimum atomic E-state index is -0.110. The molecule has 0 N–H and O–H groups in total. The van der Waals surface area contributed by atoms with E-state index < -0.39 is 0 Å². The zero-order valence-corrected chi connectivity index (χ0v) is 18.4. The first kappa shape index (κ1) is 20.7. The van der Waals surface area contributed by atoms with Crippen LogP contribution in [0.3, 0.4) is 0 Å². The van der Waals surface area contributed by atoms with Crippen LogP contribution in [0.15, 0.2) is 53.3 Å². The van der Waals surface area contributed by atoms with Gasteiger partial charge in [0.15, 0.2) is 0 Å². The monoisotopic (exact) mass is 446 g/mol. The van der Waals surface area contributed by atoms with Crippen LogP contribution in [0.25, 0.3) is 22.6 Å². The lowest BCUT2D eigenvalue weighted by molar-refractivity contribution is 0.0558. The molecule has 0 atom stereocenters. The molecule has 1 aromatic carbocycles. The van der Waals surface area contributed by atoms with E-state index in [9.17, 15) is 4.79 Å². The highest BCUT2D eigenvalue weighted by Gasteiger charge is 2.37. The highest BCUT2D eigenvalue weighted by atomic mass is 16.5. The molecule has 5 rings (SSSR count). The van der Waals surface area contributed by atoms with E-state index in [0.29, 0.717) is 47.7 Å². The molecule has 33 heavy (non-hydrogen) atoms. The van der Waals surface area contributed by atoms with Gasteiger partial charge in [-0.3, -0.25) is 14.5 Å². The molecule has 4 heterocycles. The summed E-state index contributed by atoms with van der Waals surface area (Å²) >= 11 is 0. The number of amides is 1. The Morgan fingerprint density at radius 2 is 2.00 bits per heavy atom. The molecule has 0 radical (unpaired) electrons. The van der Waals surface area contributed by atoms with E-state index in [2.05, 4.69) is 20.2 Å². The van der Waals surface area contributed by atoms with Crippen LogP contribution in [0.1, 0.15) is 22.3 Å². The third-order valence-corrected chi connectivity index (χ3v) is 5.66. The van der Waals surface area contributed by atoms with Gasteiger partial charge in [-0.25, -0.2) is 0 Å². The van der Waals surface area contributed by atoms with Gasteiger partial charge in [-0.2, -0.15) is 10.1 Å². The lowest BCUT2D eigenvalue weighted by Gasteiger charge is -2.36. The van der Waals surface area contributed by atoms with Crippen molar-refractivity contribution in [2.75, 3.05) is 27.3 Å². The molecule has 3 aromatic heterocycles. The summed E-state index contributed by atoms with van der Waals surface area (Å²) in [6.45, 7) is 0.993. The van der Waals surface area contributed by atoms with Crippen molar-refractivity contribution in [2.24, 2.45) is 7.05 Å². The number of benzene rings is 1. The van der Waals surface area contributed by atoms with Crippen LogP contribution in [0, 0.1) is 0 Å². The molecule has 0 aliphatic carbocycles. The molecule has 0 unspecified atom stereocenters. The number of nitrogens with zero attached hydrogens (tertiary/aromatic N) is 6. The molecule has 1 amide bonds. The third kappa shape index (κ3) is 3.79. The average Bonchev–Trinajstić information content (AvgIpc) is 3.45. The van der Waals surface area contributed by atoms with Crippen molar-refractivity contribution >= 4 is 5.91 Å². The summed E-state index contributed by atoms with van der Waals surface area (Å²) in [6, 6.07) is 10.9. The Morgan fingerprint density at radius 3 is 2.73 bits per heavy atom. The van der Waals surface area contributed by atoms with Gasteiger partial charge in [-0.15, -0.1) is 0 Å². The fraction of sp³-hybridized carbons (Fsp3) is 0.261. The van der Waals surface area contributed by atoms with E-state index in [0.717, 1.165) is 11.1 Å². The van der Waals surface area contributed by atoms with Crippen molar-refractivity contribution < 1.29 is 18.8 Å². The summed E-state index contributed by atoms with van der Waals surface area (Å²) in [5.41, 5.74) is 2.65. The Labute approximate surface area is 189 Å². The van der Waals surface area contributed by atoms with Crippen LogP contribution >= 0.6 is 0 Å². The van der Waals surface area contributed by atoms with Gasteiger partial charge in [0.2, 0.25) is 11.7 Å². The lowest BCUT2D eigenvalue weighted by atomic mass is 9.99. The fourth-order valence-corrected chi connectivity index (χ4v) is 3.79. The molecule has 1 aliphatic heterocycles. The van der Waals surface area contributed by atoms with Crippen molar-refractivity contribution in [1.82, 2.24) is 29.8 Å². The number of hydrogen-bond donors (Lipinski definition) is 0. The summed E-state index contributed by atoms with van der Waals surface area (Å²) in [7, 11) is 4.94. The van der Waals surface area contributed by atoms with Crippen molar-refractivity contribution in [2.45, 2.75) is 5.92 Å². The van der Waals surface area contributed by atoms with Crippen LogP contribution in [0.4, 0.5) is 0 Å². The summed E-state index contributed by atoms with van der Waals surface area (Å²) < 4.78 is 17.8. The lowest BCUT2D eigenvalue weighted by Crippen LogP contribution is -2.49. The highest BCUT2D eigenvalue weighted by molar-refractivity contribution is 5.94. The highest BCUT2D eigenvalue weighted by Crippen LogP contribution is 2.34. The van der Waals surface area contributed by atoms with E-state index in [1.54, 1.807) is 49.3 Å². The maximum Gasteiger partial charge on any atom is 0.272 e. The van der Waals surface area contributed by atoms with Crippen LogP contribution in [0.2, 0.25) is 0 Å². The van der Waals surface area contributed by atoms with Crippen LogP contribution < -0.4 is 9.47 Å². The second kappa shape index (κ2) is 8.38. The number of likely N-dealkylation sites (tertiary alicyclic amines) is 1. The van der Waals surface area contributed by atoms with Crippen LogP contribution in [-0.4, -0.2) is 63.0 Å². The average molecular weight is 446 g/mol. The van der Waals surface area contributed by atoms with Crippen molar-refractivity contribution in [1.29, 1.82) is 0 Å². The van der Waals surface area contributed by atoms with Crippen molar-refractivity contribution in [3.05, 3.63) is 60.4 Å². The fourth-order valence-electron chi connectivity index (χ4n) is 3.79. The minimum absolute atomic E-state index is 0.00181. The second-order valence-corrected chi connectivity index (χ2v) is 7.71. The molecule has 4 aromatic rings. The van der Waals surface area contributed by atoms with Crippen LogP contribution in [0.5, 0.6) is 11.5 Å². The van der Waals surface area contributed by atoms with Gasteiger partial charge in [0, 0.05) is 43.7 Å². The SMILES string of the molecule is COc1ccc(OC)c(-c2cc(C(=O)N3CC(c4nc(-c5cccnc5)no4)C3)n(C)n2)c1. The number of rotatable bonds is 6. The summed E-state index contributed by atoms with van der Waals surface area (Å²) in [5, 5.41) is 8.56. The second-order valence-electron chi connectivity index (χ2n) is 7.71. The molecule has 1 aliphatic rings. The first-order valence-corrected chi connectivity index (χ1v) is 10.4. The van der Waals surface area contributed by atoms with Crippen molar-refractivity contribution in [3.63, 3.8) is 0 Å².